The Morgan fingerprint density at radius 2 is 1.93 bits per heavy atom. The van der Waals surface area contributed by atoms with Crippen LogP contribution in [0, 0.1) is 20.8 Å². The van der Waals surface area contributed by atoms with Crippen LogP contribution in [0.4, 0.5) is 0 Å². The zero-order valence-electron chi connectivity index (χ0n) is 16.1. The zero-order valence-corrected chi connectivity index (χ0v) is 16.1. The molecule has 2 aromatic heterocycles. The molecule has 144 valence electrons. The van der Waals surface area contributed by atoms with Crippen LogP contribution in [-0.2, 0) is 11.3 Å². The molecule has 2 saturated heterocycles. The highest BCUT2D eigenvalue weighted by Gasteiger charge is 2.47. The minimum Gasteiger partial charge on any atom is -0.469 e. The standard InChI is InChI=1S/C20H25N3O4/c1-13-17(15(3)27-21-13)12-23-18(24)4-6-20(23)7-9-22(10-8-20)19(25)16-5-11-26-14(16)2/h5,11H,4,6-10,12H2,1-3H3. The van der Waals surface area contributed by atoms with Gasteiger partial charge in [0.2, 0.25) is 5.91 Å². The molecule has 0 unspecified atom stereocenters. The average Bonchev–Trinajstić information content (AvgIpc) is 3.31. The first-order valence-electron chi connectivity index (χ1n) is 9.47. The van der Waals surface area contributed by atoms with Crippen LogP contribution in [0.15, 0.2) is 21.3 Å². The molecule has 0 saturated carbocycles. The molecule has 1 spiro atoms. The van der Waals surface area contributed by atoms with E-state index in [1.807, 2.05) is 23.6 Å². The fourth-order valence-electron chi connectivity index (χ4n) is 4.44. The minimum atomic E-state index is -0.171. The first kappa shape index (κ1) is 17.8. The third-order valence-electron chi connectivity index (χ3n) is 6.25. The molecule has 4 heterocycles. The van der Waals surface area contributed by atoms with Gasteiger partial charge in [0.1, 0.15) is 11.5 Å². The zero-order chi connectivity index (χ0) is 19.2. The van der Waals surface area contributed by atoms with E-state index in [0.29, 0.717) is 37.4 Å². The molecular weight excluding hydrogens is 346 g/mol. The molecule has 0 N–H and O–H groups in total. The molecule has 2 aliphatic rings. The number of carbonyl (C=O) groups excluding carboxylic acids is 2. The Morgan fingerprint density at radius 1 is 1.19 bits per heavy atom. The van der Waals surface area contributed by atoms with Gasteiger partial charge in [-0.3, -0.25) is 9.59 Å². The van der Waals surface area contributed by atoms with E-state index in [9.17, 15) is 9.59 Å². The van der Waals surface area contributed by atoms with Crippen LogP contribution in [0.5, 0.6) is 0 Å². The number of carbonyl (C=O) groups is 2. The lowest BCUT2D eigenvalue weighted by atomic mass is 9.84. The highest BCUT2D eigenvalue weighted by molar-refractivity contribution is 5.95. The maximum Gasteiger partial charge on any atom is 0.257 e. The summed E-state index contributed by atoms with van der Waals surface area (Å²) in [6.07, 6.45) is 4.56. The molecule has 27 heavy (non-hydrogen) atoms. The van der Waals surface area contributed by atoms with Crippen molar-refractivity contribution in [3.05, 3.63) is 40.7 Å². The van der Waals surface area contributed by atoms with Gasteiger partial charge < -0.3 is 18.7 Å². The summed E-state index contributed by atoms with van der Waals surface area (Å²) >= 11 is 0. The third kappa shape index (κ3) is 2.95. The molecule has 0 bridgehead atoms. The maximum atomic E-state index is 12.7. The Kier molecular flexibility index (Phi) is 4.32. The van der Waals surface area contributed by atoms with Crippen molar-refractivity contribution >= 4 is 11.8 Å². The Bertz CT molecular complexity index is 854. The quantitative estimate of drug-likeness (QED) is 0.829. The van der Waals surface area contributed by atoms with Gasteiger partial charge in [0.05, 0.1) is 24.1 Å². The maximum absolute atomic E-state index is 12.7. The molecular formula is C20H25N3O4. The number of hydrogen-bond donors (Lipinski definition) is 0. The van der Waals surface area contributed by atoms with E-state index in [1.165, 1.54) is 0 Å². The summed E-state index contributed by atoms with van der Waals surface area (Å²) in [4.78, 5) is 29.2. The molecule has 2 aliphatic heterocycles. The number of aromatic nitrogens is 1. The Morgan fingerprint density at radius 3 is 2.52 bits per heavy atom. The van der Waals surface area contributed by atoms with Crippen LogP contribution < -0.4 is 0 Å². The summed E-state index contributed by atoms with van der Waals surface area (Å²) < 4.78 is 10.5. The number of nitrogens with zero attached hydrogens (tertiary/aromatic N) is 3. The van der Waals surface area contributed by atoms with Crippen molar-refractivity contribution in [1.82, 2.24) is 15.0 Å². The normalized spacial score (nSPS) is 19.3. The van der Waals surface area contributed by atoms with Crippen LogP contribution in [0.25, 0.3) is 0 Å². The summed E-state index contributed by atoms with van der Waals surface area (Å²) in [6.45, 7) is 7.43. The van der Waals surface area contributed by atoms with E-state index < -0.39 is 0 Å². The second kappa shape index (κ2) is 6.55. The summed E-state index contributed by atoms with van der Waals surface area (Å²) in [5.41, 5.74) is 2.29. The van der Waals surface area contributed by atoms with E-state index in [0.717, 1.165) is 36.3 Å². The number of furan rings is 1. The summed E-state index contributed by atoms with van der Waals surface area (Å²) in [7, 11) is 0. The first-order valence-corrected chi connectivity index (χ1v) is 9.47. The SMILES string of the molecule is Cc1noc(C)c1CN1C(=O)CCC12CCN(C(=O)c1ccoc1C)CC2. The summed E-state index contributed by atoms with van der Waals surface area (Å²) in [6, 6.07) is 1.73. The van der Waals surface area contributed by atoms with Gasteiger partial charge in [0, 0.05) is 30.6 Å². The van der Waals surface area contributed by atoms with Crippen LogP contribution in [-0.4, -0.2) is 45.4 Å². The van der Waals surface area contributed by atoms with E-state index in [-0.39, 0.29) is 17.4 Å². The van der Waals surface area contributed by atoms with Gasteiger partial charge in [0.15, 0.2) is 0 Å². The van der Waals surface area contributed by atoms with Crippen molar-refractivity contribution in [2.75, 3.05) is 13.1 Å². The first-order chi connectivity index (χ1) is 12.9. The minimum absolute atomic E-state index is 0.0118. The van der Waals surface area contributed by atoms with Crippen molar-refractivity contribution in [1.29, 1.82) is 0 Å². The highest BCUT2D eigenvalue weighted by atomic mass is 16.5. The highest BCUT2D eigenvalue weighted by Crippen LogP contribution is 2.41. The Balaban J connectivity index is 1.50. The van der Waals surface area contributed by atoms with Gasteiger partial charge in [-0.05, 0) is 46.1 Å². The number of rotatable bonds is 3. The van der Waals surface area contributed by atoms with Crippen molar-refractivity contribution in [3.8, 4) is 0 Å². The second-order valence-electron chi connectivity index (χ2n) is 7.69. The van der Waals surface area contributed by atoms with Gasteiger partial charge in [-0.2, -0.15) is 0 Å². The topological polar surface area (TPSA) is 79.8 Å². The van der Waals surface area contributed by atoms with Crippen LogP contribution in [0.2, 0.25) is 0 Å². The van der Waals surface area contributed by atoms with Gasteiger partial charge in [0.25, 0.3) is 5.91 Å². The molecule has 0 radical (unpaired) electrons. The van der Waals surface area contributed by atoms with Crippen molar-refractivity contribution in [2.45, 2.75) is 58.5 Å². The number of hydrogen-bond acceptors (Lipinski definition) is 5. The van der Waals surface area contributed by atoms with Crippen LogP contribution in [0.3, 0.4) is 0 Å². The molecule has 7 nitrogen and oxygen atoms in total. The molecule has 2 aromatic rings. The van der Waals surface area contributed by atoms with Gasteiger partial charge in [-0.1, -0.05) is 5.16 Å². The molecule has 0 aromatic carbocycles. The third-order valence-corrected chi connectivity index (χ3v) is 6.25. The molecule has 0 aliphatic carbocycles. The lowest BCUT2D eigenvalue weighted by Crippen LogP contribution is -2.53. The lowest BCUT2D eigenvalue weighted by Gasteiger charge is -2.45. The number of amides is 2. The Hall–Kier alpha value is -2.57. The van der Waals surface area contributed by atoms with E-state index >= 15 is 0 Å². The molecule has 2 fully saturated rings. The van der Waals surface area contributed by atoms with Crippen molar-refractivity contribution < 1.29 is 18.5 Å². The van der Waals surface area contributed by atoms with Crippen molar-refractivity contribution in [2.24, 2.45) is 0 Å². The Labute approximate surface area is 158 Å². The smallest absolute Gasteiger partial charge is 0.257 e. The van der Waals surface area contributed by atoms with Crippen LogP contribution in [0.1, 0.15) is 58.8 Å². The lowest BCUT2D eigenvalue weighted by molar-refractivity contribution is -0.133. The number of piperidine rings is 1. The van der Waals surface area contributed by atoms with E-state index in [2.05, 4.69) is 5.16 Å². The largest absolute Gasteiger partial charge is 0.469 e. The average molecular weight is 371 g/mol. The summed E-state index contributed by atoms with van der Waals surface area (Å²) in [5, 5.41) is 4.01. The van der Waals surface area contributed by atoms with Crippen LogP contribution >= 0.6 is 0 Å². The molecule has 0 atom stereocenters. The fourth-order valence-corrected chi connectivity index (χ4v) is 4.44. The summed E-state index contributed by atoms with van der Waals surface area (Å²) in [5.74, 6) is 1.61. The fraction of sp³-hybridized carbons (Fsp3) is 0.550. The second-order valence-corrected chi connectivity index (χ2v) is 7.69. The van der Waals surface area contributed by atoms with E-state index in [1.54, 1.807) is 19.3 Å². The predicted molar refractivity (Wildman–Crippen MR) is 97.1 cm³/mol. The monoisotopic (exact) mass is 371 g/mol. The molecule has 4 rings (SSSR count). The number of likely N-dealkylation sites (tertiary alicyclic amines) is 2. The van der Waals surface area contributed by atoms with Gasteiger partial charge in [-0.25, -0.2) is 0 Å². The number of aryl methyl sites for hydroxylation is 3. The predicted octanol–water partition coefficient (Wildman–Crippen LogP) is 2.99. The molecule has 2 amide bonds. The molecule has 7 heteroatoms. The van der Waals surface area contributed by atoms with Crippen molar-refractivity contribution in [3.63, 3.8) is 0 Å². The van der Waals surface area contributed by atoms with E-state index in [4.69, 9.17) is 8.94 Å². The van der Waals surface area contributed by atoms with Gasteiger partial charge >= 0.3 is 0 Å². The van der Waals surface area contributed by atoms with Gasteiger partial charge in [-0.15, -0.1) is 0 Å².